The van der Waals surface area contributed by atoms with Gasteiger partial charge < -0.3 is 9.47 Å². The second-order valence-corrected chi connectivity index (χ2v) is 5.45. The van der Waals surface area contributed by atoms with E-state index in [-0.39, 0.29) is 12.1 Å². The van der Waals surface area contributed by atoms with E-state index in [0.29, 0.717) is 13.2 Å². The third kappa shape index (κ3) is 3.55. The zero-order chi connectivity index (χ0) is 14.7. The zero-order valence-electron chi connectivity index (χ0n) is 11.6. The molecule has 0 amide bonds. The van der Waals surface area contributed by atoms with Crippen LogP contribution in [0.4, 0.5) is 0 Å². The lowest BCUT2D eigenvalue weighted by atomic mass is 10.2. The first kappa shape index (κ1) is 14.9. The second-order valence-electron chi connectivity index (χ2n) is 4.59. The molecule has 0 aliphatic carbocycles. The Morgan fingerprint density at radius 1 is 1.50 bits per heavy atom. The first-order valence-corrected chi connectivity index (χ1v) is 6.99. The number of esters is 1. The van der Waals surface area contributed by atoms with Crippen molar-refractivity contribution < 1.29 is 14.3 Å². The maximum atomic E-state index is 10.8. The fraction of sp³-hybridized carbons (Fsp3) is 0.462. The van der Waals surface area contributed by atoms with Gasteiger partial charge in [0.2, 0.25) is 0 Å². The van der Waals surface area contributed by atoms with E-state index in [1.165, 1.54) is 6.92 Å². The van der Waals surface area contributed by atoms with Crippen LogP contribution in [0, 0.1) is 0 Å². The van der Waals surface area contributed by atoms with Crippen molar-refractivity contribution in [2.75, 3.05) is 6.61 Å². The first-order chi connectivity index (χ1) is 9.47. The predicted octanol–water partition coefficient (Wildman–Crippen LogP) is 2.20. The highest BCUT2D eigenvalue weighted by Crippen LogP contribution is 2.23. The lowest BCUT2D eigenvalue weighted by Gasteiger charge is -2.12. The monoisotopic (exact) mass is 341 g/mol. The first-order valence-electron chi connectivity index (χ1n) is 6.20. The Morgan fingerprint density at radius 3 is 2.95 bits per heavy atom. The van der Waals surface area contributed by atoms with Crippen molar-refractivity contribution in [3.05, 3.63) is 22.2 Å². The molecule has 108 valence electrons. The summed E-state index contributed by atoms with van der Waals surface area (Å²) >= 11 is 3.47. The van der Waals surface area contributed by atoms with Crippen LogP contribution in [-0.2, 0) is 27.9 Å². The van der Waals surface area contributed by atoms with E-state index in [4.69, 9.17) is 9.47 Å². The Kier molecular flexibility index (Phi) is 4.72. The Bertz CT molecular complexity index is 627. The van der Waals surface area contributed by atoms with E-state index in [1.807, 2.05) is 19.2 Å². The van der Waals surface area contributed by atoms with Crippen LogP contribution in [0.5, 0.6) is 0 Å². The molecule has 6 nitrogen and oxygen atoms in total. The highest BCUT2D eigenvalue weighted by molar-refractivity contribution is 9.10. The minimum Gasteiger partial charge on any atom is -0.460 e. The van der Waals surface area contributed by atoms with Crippen LogP contribution in [0.25, 0.3) is 11.0 Å². The summed E-state index contributed by atoms with van der Waals surface area (Å²) in [4.78, 5) is 10.8. The number of fused-ring (bicyclic) bond motifs is 1. The number of aromatic nitrogens is 3. The topological polar surface area (TPSA) is 66.2 Å². The Labute approximate surface area is 125 Å². The van der Waals surface area contributed by atoms with Crippen molar-refractivity contribution in [2.24, 2.45) is 7.05 Å². The average Bonchev–Trinajstić information content (AvgIpc) is 2.71. The van der Waals surface area contributed by atoms with Gasteiger partial charge in [-0.15, -0.1) is 5.10 Å². The van der Waals surface area contributed by atoms with Gasteiger partial charge in [0, 0.05) is 18.4 Å². The summed E-state index contributed by atoms with van der Waals surface area (Å²) in [6, 6.07) is 3.93. The van der Waals surface area contributed by atoms with Gasteiger partial charge in [0.15, 0.2) is 0 Å². The molecule has 20 heavy (non-hydrogen) atoms. The molecule has 0 aliphatic rings. The summed E-state index contributed by atoms with van der Waals surface area (Å²) in [5.41, 5.74) is 2.76. The molecule has 1 aromatic carbocycles. The van der Waals surface area contributed by atoms with Gasteiger partial charge in [0.05, 0.1) is 18.7 Å². The molecule has 7 heteroatoms. The lowest BCUT2D eigenvalue weighted by molar-refractivity contribution is -0.148. The van der Waals surface area contributed by atoms with E-state index in [1.54, 1.807) is 11.6 Å². The van der Waals surface area contributed by atoms with E-state index in [0.717, 1.165) is 21.1 Å². The number of carbonyl (C=O) groups is 1. The highest BCUT2D eigenvalue weighted by Gasteiger charge is 2.09. The number of aryl methyl sites for hydroxylation is 1. The van der Waals surface area contributed by atoms with Crippen LogP contribution in [-0.4, -0.2) is 33.7 Å². The highest BCUT2D eigenvalue weighted by atomic mass is 79.9. The Hall–Kier alpha value is -1.47. The molecule has 0 saturated heterocycles. The normalized spacial score (nSPS) is 12.6. The molecule has 0 radical (unpaired) electrons. The van der Waals surface area contributed by atoms with E-state index in [2.05, 4.69) is 26.2 Å². The number of benzene rings is 1. The number of ether oxygens (including phenoxy) is 2. The maximum absolute atomic E-state index is 10.8. The maximum Gasteiger partial charge on any atom is 0.302 e. The van der Waals surface area contributed by atoms with Crippen LogP contribution in [0.15, 0.2) is 16.6 Å². The van der Waals surface area contributed by atoms with Gasteiger partial charge in [-0.1, -0.05) is 5.21 Å². The molecule has 0 aliphatic heterocycles. The van der Waals surface area contributed by atoms with Crippen molar-refractivity contribution in [1.29, 1.82) is 0 Å². The average molecular weight is 342 g/mol. The molecule has 1 unspecified atom stereocenters. The van der Waals surface area contributed by atoms with Crippen LogP contribution in [0.3, 0.4) is 0 Å². The molecule has 1 heterocycles. The zero-order valence-corrected chi connectivity index (χ0v) is 13.2. The van der Waals surface area contributed by atoms with Crippen LogP contribution in [0.2, 0.25) is 0 Å². The van der Waals surface area contributed by atoms with E-state index in [9.17, 15) is 4.79 Å². The number of rotatable bonds is 5. The molecule has 0 spiro atoms. The van der Waals surface area contributed by atoms with Gasteiger partial charge in [-0.25, -0.2) is 4.68 Å². The second kappa shape index (κ2) is 6.32. The smallest absolute Gasteiger partial charge is 0.302 e. The fourth-order valence-corrected chi connectivity index (χ4v) is 2.46. The predicted molar refractivity (Wildman–Crippen MR) is 77.1 cm³/mol. The molecule has 2 rings (SSSR count). The van der Waals surface area contributed by atoms with Gasteiger partial charge >= 0.3 is 5.97 Å². The number of hydrogen-bond acceptors (Lipinski definition) is 5. The van der Waals surface area contributed by atoms with Crippen molar-refractivity contribution in [3.63, 3.8) is 0 Å². The third-order valence-electron chi connectivity index (χ3n) is 2.72. The van der Waals surface area contributed by atoms with Gasteiger partial charge in [-0.3, -0.25) is 4.79 Å². The summed E-state index contributed by atoms with van der Waals surface area (Å²) in [6.07, 6.45) is -0.252. The number of hydrogen-bond donors (Lipinski definition) is 0. The van der Waals surface area contributed by atoms with Crippen molar-refractivity contribution in [2.45, 2.75) is 26.6 Å². The lowest BCUT2D eigenvalue weighted by Crippen LogP contribution is -2.18. The summed E-state index contributed by atoms with van der Waals surface area (Å²) in [6.45, 7) is 3.98. The minimum atomic E-state index is -0.300. The van der Waals surface area contributed by atoms with E-state index >= 15 is 0 Å². The van der Waals surface area contributed by atoms with Gasteiger partial charge in [-0.05, 0) is 40.5 Å². The van der Waals surface area contributed by atoms with Crippen LogP contribution < -0.4 is 0 Å². The molecule has 0 bridgehead atoms. The summed E-state index contributed by atoms with van der Waals surface area (Å²) in [7, 11) is 1.84. The largest absolute Gasteiger partial charge is 0.460 e. The van der Waals surface area contributed by atoms with Crippen molar-refractivity contribution >= 4 is 32.9 Å². The van der Waals surface area contributed by atoms with Gasteiger partial charge in [0.25, 0.3) is 0 Å². The third-order valence-corrected chi connectivity index (χ3v) is 3.32. The van der Waals surface area contributed by atoms with Gasteiger partial charge in [-0.2, -0.15) is 0 Å². The molecule has 0 fully saturated rings. The molecule has 1 aromatic heterocycles. The SMILES string of the molecule is CC(=O)OC(C)COCc1cc(Br)c2nnn(C)c2c1. The Morgan fingerprint density at radius 2 is 2.25 bits per heavy atom. The number of halogens is 1. The van der Waals surface area contributed by atoms with Crippen molar-refractivity contribution in [3.8, 4) is 0 Å². The van der Waals surface area contributed by atoms with Crippen LogP contribution in [0.1, 0.15) is 19.4 Å². The minimum absolute atomic E-state index is 0.252. The molecule has 0 saturated carbocycles. The summed E-state index contributed by atoms with van der Waals surface area (Å²) < 4.78 is 13.1. The molecular weight excluding hydrogens is 326 g/mol. The van der Waals surface area contributed by atoms with E-state index < -0.39 is 0 Å². The molecule has 2 aromatic rings. The Balaban J connectivity index is 2.00. The molecule has 0 N–H and O–H groups in total. The number of nitrogens with zero attached hydrogens (tertiary/aromatic N) is 3. The van der Waals surface area contributed by atoms with Gasteiger partial charge in [0.1, 0.15) is 11.6 Å². The summed E-state index contributed by atoms with van der Waals surface area (Å²) in [5.74, 6) is -0.300. The summed E-state index contributed by atoms with van der Waals surface area (Å²) in [5, 5.41) is 8.05. The standard InChI is InChI=1S/C13H16BrN3O3/c1-8(20-9(2)18)6-19-7-10-4-11(14)13-12(5-10)17(3)16-15-13/h4-5,8H,6-7H2,1-3H3. The number of carbonyl (C=O) groups excluding carboxylic acids is 1. The quantitative estimate of drug-likeness (QED) is 0.780. The van der Waals surface area contributed by atoms with Crippen LogP contribution >= 0.6 is 15.9 Å². The molecule has 1 atom stereocenters. The molecular formula is C13H16BrN3O3. The fourth-order valence-electron chi connectivity index (χ4n) is 1.89. The van der Waals surface area contributed by atoms with Crippen molar-refractivity contribution in [1.82, 2.24) is 15.0 Å².